The van der Waals surface area contributed by atoms with Crippen LogP contribution in [0.4, 0.5) is 0 Å². The van der Waals surface area contributed by atoms with E-state index < -0.39 is 0 Å². The Morgan fingerprint density at radius 1 is 1.35 bits per heavy atom. The molecule has 1 aliphatic rings. The third-order valence-corrected chi connectivity index (χ3v) is 5.40. The molecule has 4 rings (SSSR count). The fraction of sp³-hybridized carbons (Fsp3) is 0.450. The molecule has 0 aromatic carbocycles. The SMILES string of the molecule is CCCn1ncc(C(=O)N2CCC(c3cc4cccnc4[nH]3)CC2)c1C. The molecular weight excluding hydrogens is 326 g/mol. The van der Waals surface area contributed by atoms with Crippen molar-refractivity contribution in [2.75, 3.05) is 13.1 Å². The maximum absolute atomic E-state index is 12.9. The molecule has 1 fully saturated rings. The lowest BCUT2D eigenvalue weighted by molar-refractivity contribution is 0.0711. The van der Waals surface area contributed by atoms with Crippen LogP contribution in [-0.2, 0) is 6.54 Å². The first-order valence-corrected chi connectivity index (χ1v) is 9.42. The molecule has 0 atom stereocenters. The van der Waals surface area contributed by atoms with Gasteiger partial charge in [0.15, 0.2) is 0 Å². The molecule has 1 saturated heterocycles. The number of rotatable bonds is 4. The number of aromatic nitrogens is 4. The van der Waals surface area contributed by atoms with Crippen LogP contribution in [0.1, 0.15) is 53.8 Å². The number of aromatic amines is 1. The van der Waals surface area contributed by atoms with Crippen molar-refractivity contribution in [2.24, 2.45) is 0 Å². The molecule has 0 aliphatic carbocycles. The number of aryl methyl sites for hydroxylation is 1. The number of piperidine rings is 1. The van der Waals surface area contributed by atoms with E-state index in [1.165, 1.54) is 5.69 Å². The van der Waals surface area contributed by atoms with Gasteiger partial charge in [-0.25, -0.2) is 4.98 Å². The number of H-pyrrole nitrogens is 1. The minimum Gasteiger partial charge on any atom is -0.343 e. The molecule has 0 spiro atoms. The summed E-state index contributed by atoms with van der Waals surface area (Å²) in [5.41, 5.74) is 3.89. The Morgan fingerprint density at radius 2 is 2.15 bits per heavy atom. The third kappa shape index (κ3) is 3.00. The first-order chi connectivity index (χ1) is 12.7. The monoisotopic (exact) mass is 351 g/mol. The standard InChI is InChI=1S/C20H25N5O/c1-3-9-25-14(2)17(13-22-25)20(26)24-10-6-15(7-11-24)18-12-16-5-4-8-21-19(16)23-18/h4-5,8,12-13,15H,3,6-7,9-11H2,1-2H3,(H,21,23). The molecule has 0 bridgehead atoms. The van der Waals surface area contributed by atoms with Crippen LogP contribution >= 0.6 is 0 Å². The van der Waals surface area contributed by atoms with Gasteiger partial charge >= 0.3 is 0 Å². The zero-order valence-electron chi connectivity index (χ0n) is 15.4. The highest BCUT2D eigenvalue weighted by atomic mass is 16.2. The van der Waals surface area contributed by atoms with Gasteiger partial charge in [-0.3, -0.25) is 9.48 Å². The summed E-state index contributed by atoms with van der Waals surface area (Å²) in [6.45, 7) is 6.53. The smallest absolute Gasteiger partial charge is 0.257 e. The average molecular weight is 351 g/mol. The van der Waals surface area contributed by atoms with E-state index in [4.69, 9.17) is 0 Å². The van der Waals surface area contributed by atoms with E-state index >= 15 is 0 Å². The number of hydrogen-bond donors (Lipinski definition) is 1. The molecule has 1 amide bonds. The second-order valence-electron chi connectivity index (χ2n) is 7.10. The van der Waals surface area contributed by atoms with Crippen molar-refractivity contribution in [1.82, 2.24) is 24.6 Å². The topological polar surface area (TPSA) is 66.8 Å². The number of hydrogen-bond acceptors (Lipinski definition) is 3. The number of pyridine rings is 1. The summed E-state index contributed by atoms with van der Waals surface area (Å²) in [7, 11) is 0. The van der Waals surface area contributed by atoms with E-state index in [0.717, 1.165) is 61.2 Å². The Hall–Kier alpha value is -2.63. The van der Waals surface area contributed by atoms with Crippen LogP contribution in [0.2, 0.25) is 0 Å². The summed E-state index contributed by atoms with van der Waals surface area (Å²) in [6.07, 6.45) is 6.50. The van der Waals surface area contributed by atoms with Crippen molar-refractivity contribution in [3.8, 4) is 0 Å². The van der Waals surface area contributed by atoms with E-state index in [-0.39, 0.29) is 5.91 Å². The number of fused-ring (bicyclic) bond motifs is 1. The number of amides is 1. The molecule has 4 heterocycles. The lowest BCUT2D eigenvalue weighted by atomic mass is 9.93. The van der Waals surface area contributed by atoms with Crippen LogP contribution in [0.25, 0.3) is 11.0 Å². The number of nitrogens with zero attached hydrogens (tertiary/aromatic N) is 4. The van der Waals surface area contributed by atoms with Gasteiger partial charge in [0.25, 0.3) is 5.91 Å². The first-order valence-electron chi connectivity index (χ1n) is 9.42. The number of carbonyl (C=O) groups excluding carboxylic acids is 1. The van der Waals surface area contributed by atoms with E-state index in [0.29, 0.717) is 5.92 Å². The number of nitrogens with one attached hydrogen (secondary N) is 1. The lowest BCUT2D eigenvalue weighted by Gasteiger charge is -2.31. The minimum absolute atomic E-state index is 0.113. The molecule has 6 heteroatoms. The zero-order chi connectivity index (χ0) is 18.1. The maximum Gasteiger partial charge on any atom is 0.257 e. The van der Waals surface area contributed by atoms with Gasteiger partial charge in [-0.2, -0.15) is 5.10 Å². The summed E-state index contributed by atoms with van der Waals surface area (Å²) in [4.78, 5) is 22.7. The molecule has 0 unspecified atom stereocenters. The molecule has 136 valence electrons. The Bertz CT molecular complexity index is 884. The van der Waals surface area contributed by atoms with Crippen LogP contribution in [0, 0.1) is 6.92 Å². The minimum atomic E-state index is 0.113. The van der Waals surface area contributed by atoms with Gasteiger partial charge in [0.05, 0.1) is 11.8 Å². The highest BCUT2D eigenvalue weighted by Crippen LogP contribution is 2.30. The van der Waals surface area contributed by atoms with Crippen LogP contribution in [-0.4, -0.2) is 43.6 Å². The fourth-order valence-corrected chi connectivity index (χ4v) is 3.86. The molecule has 1 N–H and O–H groups in total. The largest absolute Gasteiger partial charge is 0.343 e. The predicted molar refractivity (Wildman–Crippen MR) is 101 cm³/mol. The molecule has 3 aromatic heterocycles. The molecule has 3 aromatic rings. The van der Waals surface area contributed by atoms with Gasteiger partial charge in [0.2, 0.25) is 0 Å². The highest BCUT2D eigenvalue weighted by molar-refractivity contribution is 5.95. The number of carbonyl (C=O) groups is 1. The van der Waals surface area contributed by atoms with Gasteiger partial charge in [-0.15, -0.1) is 0 Å². The summed E-state index contributed by atoms with van der Waals surface area (Å²) in [6, 6.07) is 6.24. The Balaban J connectivity index is 1.43. The van der Waals surface area contributed by atoms with Crippen molar-refractivity contribution in [2.45, 2.75) is 45.6 Å². The maximum atomic E-state index is 12.9. The Labute approximate surface area is 153 Å². The first kappa shape index (κ1) is 16.8. The van der Waals surface area contributed by atoms with Gasteiger partial charge in [-0.05, 0) is 44.4 Å². The molecule has 6 nitrogen and oxygen atoms in total. The van der Waals surface area contributed by atoms with Crippen molar-refractivity contribution < 1.29 is 4.79 Å². The summed E-state index contributed by atoms with van der Waals surface area (Å²) in [5.74, 6) is 0.568. The lowest BCUT2D eigenvalue weighted by Crippen LogP contribution is -2.38. The Morgan fingerprint density at radius 3 is 2.88 bits per heavy atom. The van der Waals surface area contributed by atoms with Gasteiger partial charge in [0, 0.05) is 48.5 Å². The molecular formula is C20H25N5O. The van der Waals surface area contributed by atoms with E-state index in [1.807, 2.05) is 28.8 Å². The zero-order valence-corrected chi connectivity index (χ0v) is 15.4. The van der Waals surface area contributed by atoms with Gasteiger partial charge in [-0.1, -0.05) is 6.92 Å². The van der Waals surface area contributed by atoms with Crippen molar-refractivity contribution in [1.29, 1.82) is 0 Å². The second-order valence-corrected chi connectivity index (χ2v) is 7.10. The Kier molecular flexibility index (Phi) is 4.49. The van der Waals surface area contributed by atoms with Crippen LogP contribution in [0.3, 0.4) is 0 Å². The van der Waals surface area contributed by atoms with Crippen LogP contribution in [0.15, 0.2) is 30.6 Å². The fourth-order valence-electron chi connectivity index (χ4n) is 3.86. The summed E-state index contributed by atoms with van der Waals surface area (Å²) in [5, 5.41) is 5.52. The number of likely N-dealkylation sites (tertiary alicyclic amines) is 1. The summed E-state index contributed by atoms with van der Waals surface area (Å²) < 4.78 is 1.93. The van der Waals surface area contributed by atoms with Crippen molar-refractivity contribution in [3.05, 3.63) is 47.5 Å². The normalized spacial score (nSPS) is 15.7. The quantitative estimate of drug-likeness (QED) is 0.782. The highest BCUT2D eigenvalue weighted by Gasteiger charge is 2.27. The van der Waals surface area contributed by atoms with Gasteiger partial charge in [0.1, 0.15) is 5.65 Å². The predicted octanol–water partition coefficient (Wildman–Crippen LogP) is 3.50. The van der Waals surface area contributed by atoms with E-state index in [1.54, 1.807) is 6.20 Å². The molecule has 0 saturated carbocycles. The van der Waals surface area contributed by atoms with Crippen molar-refractivity contribution in [3.63, 3.8) is 0 Å². The average Bonchev–Trinajstić information content (AvgIpc) is 3.26. The second kappa shape index (κ2) is 6.94. The van der Waals surface area contributed by atoms with Crippen LogP contribution in [0.5, 0.6) is 0 Å². The third-order valence-electron chi connectivity index (χ3n) is 5.40. The van der Waals surface area contributed by atoms with Crippen LogP contribution < -0.4 is 0 Å². The summed E-state index contributed by atoms with van der Waals surface area (Å²) >= 11 is 0. The van der Waals surface area contributed by atoms with E-state index in [9.17, 15) is 4.79 Å². The molecule has 26 heavy (non-hydrogen) atoms. The van der Waals surface area contributed by atoms with E-state index in [2.05, 4.69) is 34.1 Å². The van der Waals surface area contributed by atoms with Crippen molar-refractivity contribution >= 4 is 16.9 Å². The molecule has 1 aliphatic heterocycles. The molecule has 0 radical (unpaired) electrons. The van der Waals surface area contributed by atoms with Gasteiger partial charge < -0.3 is 9.88 Å².